The van der Waals surface area contributed by atoms with Crippen molar-refractivity contribution in [1.82, 2.24) is 9.47 Å². The number of aromatic nitrogens is 1. The van der Waals surface area contributed by atoms with Gasteiger partial charge in [-0.05, 0) is 50.5 Å². The summed E-state index contributed by atoms with van der Waals surface area (Å²) in [5.74, 6) is 0.0146. The summed E-state index contributed by atoms with van der Waals surface area (Å²) in [5.41, 5.74) is 7.37. The van der Waals surface area contributed by atoms with Gasteiger partial charge < -0.3 is 20.5 Å². The van der Waals surface area contributed by atoms with Crippen molar-refractivity contribution in [2.45, 2.75) is 33.2 Å². The third-order valence-electron chi connectivity index (χ3n) is 5.05. The Balaban J connectivity index is 0.00000312. The second kappa shape index (κ2) is 10.8. The number of fused-ring (bicyclic) bond motifs is 1. The highest BCUT2D eigenvalue weighted by Gasteiger charge is 2.33. The first-order chi connectivity index (χ1) is 11.5. The van der Waals surface area contributed by atoms with Crippen molar-refractivity contribution in [1.29, 1.82) is 0 Å². The fourth-order valence-electron chi connectivity index (χ4n) is 2.98. The minimum Gasteiger partial charge on any atom is -0.346 e. The van der Waals surface area contributed by atoms with Crippen LogP contribution in [-0.4, -0.2) is 42.6 Å². The summed E-state index contributed by atoms with van der Waals surface area (Å²) in [5, 5.41) is 4.25. The summed E-state index contributed by atoms with van der Waals surface area (Å²) < 4.78 is 2.22. The van der Waals surface area contributed by atoms with E-state index in [2.05, 4.69) is 53.3 Å². The molecule has 0 radical (unpaired) electrons. The lowest BCUT2D eigenvalue weighted by molar-refractivity contribution is -0.125. The molecule has 0 fully saturated rings. The van der Waals surface area contributed by atoms with Gasteiger partial charge in [-0.3, -0.25) is 4.79 Å². The average Bonchev–Trinajstić information content (AvgIpc) is 2.97. The van der Waals surface area contributed by atoms with Crippen LogP contribution in [0.5, 0.6) is 0 Å². The number of halogens is 2. The molecule has 0 unspecified atom stereocenters. The van der Waals surface area contributed by atoms with Crippen LogP contribution in [0, 0.1) is 5.41 Å². The summed E-state index contributed by atoms with van der Waals surface area (Å²) in [7, 11) is 4.14. The number of nitrogens with two attached hydrogens (primary N) is 1. The van der Waals surface area contributed by atoms with Crippen molar-refractivity contribution in [3.8, 4) is 0 Å². The van der Waals surface area contributed by atoms with Crippen LogP contribution < -0.4 is 11.1 Å². The standard InChI is InChI=1S/C19H30N4O.2ClH/c1-5-19(6-2,14-20)18(24)21-16-8-7-15-9-10-23(17(15)13-16)12-11-22(3)4;;/h7-10,13H,5-6,11-12,14,20H2,1-4H3,(H,21,24);2*1H. The molecule has 3 N–H and O–H groups in total. The van der Waals surface area contributed by atoms with Gasteiger partial charge in [-0.1, -0.05) is 19.9 Å². The number of nitrogens with one attached hydrogen (secondary N) is 1. The molecular weight excluding hydrogens is 371 g/mol. The first kappa shape index (κ1) is 24.7. The van der Waals surface area contributed by atoms with E-state index in [0.29, 0.717) is 6.54 Å². The summed E-state index contributed by atoms with van der Waals surface area (Å²) in [6.07, 6.45) is 3.59. The average molecular weight is 403 g/mol. The molecule has 0 saturated heterocycles. The predicted octanol–water partition coefficient (Wildman–Crippen LogP) is 3.75. The van der Waals surface area contributed by atoms with E-state index in [1.165, 1.54) is 5.39 Å². The minimum atomic E-state index is -0.484. The van der Waals surface area contributed by atoms with Gasteiger partial charge in [0.1, 0.15) is 0 Å². The molecule has 2 aromatic rings. The Morgan fingerprint density at radius 2 is 1.85 bits per heavy atom. The Bertz CT molecular complexity index is 688. The number of amides is 1. The van der Waals surface area contributed by atoms with Crippen LogP contribution in [0.4, 0.5) is 5.69 Å². The van der Waals surface area contributed by atoms with Gasteiger partial charge in [0.15, 0.2) is 0 Å². The number of anilines is 1. The van der Waals surface area contributed by atoms with Crippen molar-refractivity contribution in [2.75, 3.05) is 32.5 Å². The lowest BCUT2D eigenvalue weighted by Crippen LogP contribution is -2.41. The summed E-state index contributed by atoms with van der Waals surface area (Å²) in [4.78, 5) is 14.9. The van der Waals surface area contributed by atoms with Crippen molar-refractivity contribution in [2.24, 2.45) is 11.1 Å². The molecule has 1 aromatic heterocycles. The van der Waals surface area contributed by atoms with Gasteiger partial charge in [-0.15, -0.1) is 24.8 Å². The van der Waals surface area contributed by atoms with Gasteiger partial charge in [0.25, 0.3) is 0 Å². The third-order valence-corrected chi connectivity index (χ3v) is 5.05. The molecule has 5 nitrogen and oxygen atoms in total. The molecule has 2 rings (SSSR count). The zero-order valence-electron chi connectivity index (χ0n) is 16.1. The number of nitrogens with zero attached hydrogens (tertiary/aromatic N) is 2. The molecule has 0 aliphatic heterocycles. The quantitative estimate of drug-likeness (QED) is 0.706. The Kier molecular flexibility index (Phi) is 10.2. The molecule has 0 aliphatic carbocycles. The molecule has 1 aromatic carbocycles. The Labute approximate surface area is 169 Å². The van der Waals surface area contributed by atoms with Gasteiger partial charge in [0.2, 0.25) is 5.91 Å². The van der Waals surface area contributed by atoms with Crippen molar-refractivity contribution >= 4 is 47.3 Å². The molecule has 26 heavy (non-hydrogen) atoms. The second-order valence-corrected chi connectivity index (χ2v) is 6.73. The minimum absolute atomic E-state index is 0. The van der Waals surface area contributed by atoms with Crippen LogP contribution >= 0.6 is 24.8 Å². The fourth-order valence-corrected chi connectivity index (χ4v) is 2.98. The van der Waals surface area contributed by atoms with E-state index in [0.717, 1.165) is 37.1 Å². The van der Waals surface area contributed by atoms with Gasteiger partial charge in [-0.2, -0.15) is 0 Å². The molecule has 1 heterocycles. The van der Waals surface area contributed by atoms with Crippen molar-refractivity contribution < 1.29 is 4.79 Å². The monoisotopic (exact) mass is 402 g/mol. The molecule has 0 spiro atoms. The molecule has 0 bridgehead atoms. The van der Waals surface area contributed by atoms with Gasteiger partial charge in [0.05, 0.1) is 10.9 Å². The molecule has 0 atom stereocenters. The second-order valence-electron chi connectivity index (χ2n) is 6.73. The van der Waals surface area contributed by atoms with E-state index in [1.807, 2.05) is 19.9 Å². The van der Waals surface area contributed by atoms with E-state index in [-0.39, 0.29) is 30.7 Å². The van der Waals surface area contributed by atoms with E-state index in [9.17, 15) is 4.79 Å². The van der Waals surface area contributed by atoms with Crippen LogP contribution in [-0.2, 0) is 11.3 Å². The van der Waals surface area contributed by atoms with Gasteiger partial charge >= 0.3 is 0 Å². The zero-order valence-corrected chi connectivity index (χ0v) is 17.8. The van der Waals surface area contributed by atoms with Gasteiger partial charge in [-0.25, -0.2) is 0 Å². The first-order valence-electron chi connectivity index (χ1n) is 8.71. The number of hydrogen-bond acceptors (Lipinski definition) is 3. The van der Waals surface area contributed by atoms with Crippen molar-refractivity contribution in [3.05, 3.63) is 30.5 Å². The Hall–Kier alpha value is -1.27. The number of hydrogen-bond donors (Lipinski definition) is 2. The summed E-state index contributed by atoms with van der Waals surface area (Å²) in [6.45, 7) is 6.30. The summed E-state index contributed by atoms with van der Waals surface area (Å²) in [6, 6.07) is 8.18. The first-order valence-corrected chi connectivity index (χ1v) is 8.71. The normalized spacial score (nSPS) is 11.2. The van der Waals surface area contributed by atoms with Crippen LogP contribution in [0.2, 0.25) is 0 Å². The highest BCUT2D eigenvalue weighted by molar-refractivity contribution is 5.97. The predicted molar refractivity (Wildman–Crippen MR) is 116 cm³/mol. The molecule has 1 amide bonds. The number of rotatable bonds is 8. The largest absolute Gasteiger partial charge is 0.346 e. The number of benzene rings is 1. The lowest BCUT2D eigenvalue weighted by atomic mass is 9.81. The molecule has 0 aliphatic rings. The third kappa shape index (κ3) is 5.36. The van der Waals surface area contributed by atoms with E-state index < -0.39 is 5.41 Å². The van der Waals surface area contributed by atoms with Crippen LogP contribution in [0.1, 0.15) is 26.7 Å². The van der Waals surface area contributed by atoms with Crippen LogP contribution in [0.3, 0.4) is 0 Å². The lowest BCUT2D eigenvalue weighted by Gasteiger charge is -2.28. The van der Waals surface area contributed by atoms with E-state index in [1.54, 1.807) is 0 Å². The Morgan fingerprint density at radius 1 is 1.19 bits per heavy atom. The number of carbonyl (C=O) groups is 1. The van der Waals surface area contributed by atoms with Crippen LogP contribution in [0.25, 0.3) is 10.9 Å². The summed E-state index contributed by atoms with van der Waals surface area (Å²) >= 11 is 0. The molecule has 148 valence electrons. The van der Waals surface area contributed by atoms with Crippen molar-refractivity contribution in [3.63, 3.8) is 0 Å². The fraction of sp³-hybridized carbons (Fsp3) is 0.526. The Morgan fingerprint density at radius 3 is 2.38 bits per heavy atom. The molecule has 7 heteroatoms. The SMILES string of the molecule is CCC(CC)(CN)C(=O)Nc1ccc2ccn(CCN(C)C)c2c1.Cl.Cl. The van der Waals surface area contributed by atoms with Crippen LogP contribution in [0.15, 0.2) is 30.5 Å². The van der Waals surface area contributed by atoms with E-state index in [4.69, 9.17) is 5.73 Å². The smallest absolute Gasteiger partial charge is 0.231 e. The maximum Gasteiger partial charge on any atom is 0.231 e. The zero-order chi connectivity index (χ0) is 17.7. The molecular formula is C19H32Cl2N4O. The molecule has 0 saturated carbocycles. The van der Waals surface area contributed by atoms with E-state index >= 15 is 0 Å². The highest BCUT2D eigenvalue weighted by atomic mass is 35.5. The highest BCUT2D eigenvalue weighted by Crippen LogP contribution is 2.28. The topological polar surface area (TPSA) is 63.3 Å². The maximum atomic E-state index is 12.7. The maximum absolute atomic E-state index is 12.7. The number of carbonyl (C=O) groups excluding carboxylic acids is 1. The number of likely N-dealkylation sites (N-methyl/N-ethyl adjacent to an activating group) is 1. The van der Waals surface area contributed by atoms with Gasteiger partial charge in [0, 0.05) is 31.5 Å².